The number of ketones is 1. The molecular weight excluding hydrogens is 414 g/mol. The summed E-state index contributed by atoms with van der Waals surface area (Å²) in [7, 11) is 0. The predicted octanol–water partition coefficient (Wildman–Crippen LogP) is 5.03. The van der Waals surface area contributed by atoms with Crippen LogP contribution in [0.5, 0.6) is 0 Å². The van der Waals surface area contributed by atoms with E-state index in [0.717, 1.165) is 11.1 Å². The number of thiophene rings is 1. The van der Waals surface area contributed by atoms with E-state index < -0.39 is 4.92 Å². The summed E-state index contributed by atoms with van der Waals surface area (Å²) in [6.07, 6.45) is 1.15. The van der Waals surface area contributed by atoms with E-state index >= 15 is 0 Å². The number of rotatable bonds is 8. The number of carbonyl (C=O) groups is 1. The van der Waals surface area contributed by atoms with Crippen molar-refractivity contribution < 1.29 is 9.72 Å². The highest BCUT2D eigenvalue weighted by Crippen LogP contribution is 2.29. The molecule has 0 saturated carbocycles. The molecule has 4 aromatic rings. The summed E-state index contributed by atoms with van der Waals surface area (Å²) in [5.74, 6) is 0.0480. The lowest BCUT2D eigenvalue weighted by Crippen LogP contribution is -2.09. The van der Waals surface area contributed by atoms with Crippen molar-refractivity contribution in [2.24, 2.45) is 0 Å². The number of carbonyl (C=O) groups excluding carboxylic acids is 1. The van der Waals surface area contributed by atoms with E-state index in [1.54, 1.807) is 59.9 Å². The number of para-hydroxylation sites is 1. The van der Waals surface area contributed by atoms with Crippen LogP contribution in [0.25, 0.3) is 0 Å². The summed E-state index contributed by atoms with van der Waals surface area (Å²) in [6, 6.07) is 19.6. The predicted molar refractivity (Wildman–Crippen MR) is 120 cm³/mol. The highest BCUT2D eigenvalue weighted by molar-refractivity contribution is 7.09. The van der Waals surface area contributed by atoms with Gasteiger partial charge in [0.2, 0.25) is 11.8 Å². The molecule has 0 aliphatic rings. The molecule has 2 N–H and O–H groups in total. The van der Waals surface area contributed by atoms with Gasteiger partial charge < -0.3 is 10.6 Å². The van der Waals surface area contributed by atoms with Gasteiger partial charge in [-0.05, 0) is 23.6 Å². The Balaban J connectivity index is 1.64. The van der Waals surface area contributed by atoms with Crippen LogP contribution in [0.2, 0.25) is 0 Å². The van der Waals surface area contributed by atoms with Crippen LogP contribution < -0.4 is 10.6 Å². The number of benzene rings is 2. The van der Waals surface area contributed by atoms with Gasteiger partial charge >= 0.3 is 5.69 Å². The third-order valence-electron chi connectivity index (χ3n) is 4.43. The van der Waals surface area contributed by atoms with Crippen LogP contribution in [-0.4, -0.2) is 20.7 Å². The normalized spacial score (nSPS) is 10.5. The molecule has 8 nitrogen and oxygen atoms in total. The minimum absolute atomic E-state index is 0.00184. The molecule has 154 valence electrons. The Morgan fingerprint density at radius 2 is 1.81 bits per heavy atom. The molecule has 0 bridgehead atoms. The number of nitrogens with one attached hydrogen (secondary N) is 2. The number of anilines is 3. The maximum absolute atomic E-state index is 13.0. The molecule has 0 fully saturated rings. The fourth-order valence-electron chi connectivity index (χ4n) is 2.93. The summed E-state index contributed by atoms with van der Waals surface area (Å²) in [6.45, 7) is 0.498. The number of hydrogen-bond acceptors (Lipinski definition) is 8. The summed E-state index contributed by atoms with van der Waals surface area (Å²) in [5.41, 5.74) is 1.04. The highest BCUT2D eigenvalue weighted by atomic mass is 32.1. The zero-order valence-corrected chi connectivity index (χ0v) is 17.0. The van der Waals surface area contributed by atoms with E-state index in [1.807, 2.05) is 23.6 Å². The van der Waals surface area contributed by atoms with Crippen molar-refractivity contribution in [3.63, 3.8) is 0 Å². The molecule has 4 rings (SSSR count). The molecular formula is C22H17N5O3S. The molecule has 0 aliphatic carbocycles. The van der Waals surface area contributed by atoms with E-state index in [0.29, 0.717) is 23.4 Å². The van der Waals surface area contributed by atoms with Gasteiger partial charge in [0.25, 0.3) is 0 Å². The first-order valence-electron chi connectivity index (χ1n) is 9.35. The lowest BCUT2D eigenvalue weighted by molar-refractivity contribution is -0.384. The zero-order valence-electron chi connectivity index (χ0n) is 16.2. The number of nitrogens with zero attached hydrogens (tertiary/aromatic N) is 3. The molecule has 0 atom stereocenters. The van der Waals surface area contributed by atoms with E-state index in [9.17, 15) is 14.9 Å². The van der Waals surface area contributed by atoms with E-state index in [1.165, 1.54) is 0 Å². The van der Waals surface area contributed by atoms with Gasteiger partial charge in [0.1, 0.15) is 6.20 Å². The van der Waals surface area contributed by atoms with E-state index in [-0.39, 0.29) is 23.2 Å². The first kappa shape index (κ1) is 20.2. The van der Waals surface area contributed by atoms with Gasteiger partial charge in [0.15, 0.2) is 5.78 Å². The van der Waals surface area contributed by atoms with Crippen molar-refractivity contribution >= 4 is 40.3 Å². The van der Waals surface area contributed by atoms with Crippen molar-refractivity contribution in [3.05, 3.63) is 104 Å². The Labute approximate surface area is 181 Å². The Bertz CT molecular complexity index is 1210. The van der Waals surface area contributed by atoms with Gasteiger partial charge in [-0.1, -0.05) is 48.5 Å². The number of aromatic nitrogens is 2. The number of nitro groups is 1. The van der Waals surface area contributed by atoms with Crippen molar-refractivity contribution in [1.82, 2.24) is 9.97 Å². The van der Waals surface area contributed by atoms with E-state index in [4.69, 9.17) is 0 Å². The van der Waals surface area contributed by atoms with Gasteiger partial charge in [0, 0.05) is 16.0 Å². The first-order valence-corrected chi connectivity index (χ1v) is 10.2. The van der Waals surface area contributed by atoms with Gasteiger partial charge in [-0.3, -0.25) is 14.9 Å². The standard InChI is InChI=1S/C22H17N5O3S/c28-20(15-7-2-1-3-8-15)17-10-4-5-11-18(17)25-21-19(27(29)30)14-24-22(26-21)23-13-16-9-6-12-31-16/h1-12,14H,13H2,(H2,23,24,25,26). The maximum atomic E-state index is 13.0. The van der Waals surface area contributed by atoms with Crippen LogP contribution in [0.3, 0.4) is 0 Å². The average molecular weight is 431 g/mol. The topological polar surface area (TPSA) is 110 Å². The van der Waals surface area contributed by atoms with Crippen molar-refractivity contribution in [2.45, 2.75) is 6.54 Å². The Morgan fingerprint density at radius 1 is 1.03 bits per heavy atom. The van der Waals surface area contributed by atoms with Crippen LogP contribution in [-0.2, 0) is 6.54 Å². The fourth-order valence-corrected chi connectivity index (χ4v) is 3.57. The molecule has 0 unspecified atom stereocenters. The summed E-state index contributed by atoms with van der Waals surface area (Å²) >= 11 is 1.58. The smallest absolute Gasteiger partial charge is 0.329 e. The monoisotopic (exact) mass is 431 g/mol. The van der Waals surface area contributed by atoms with Gasteiger partial charge in [0.05, 0.1) is 17.2 Å². The second-order valence-corrected chi connectivity index (χ2v) is 7.52. The molecule has 31 heavy (non-hydrogen) atoms. The minimum atomic E-state index is -0.562. The first-order chi connectivity index (χ1) is 15.1. The SMILES string of the molecule is O=C(c1ccccc1)c1ccccc1Nc1nc(NCc2cccs2)ncc1[N+](=O)[O-]. The zero-order chi connectivity index (χ0) is 21.6. The van der Waals surface area contributed by atoms with Gasteiger partial charge in [-0.2, -0.15) is 4.98 Å². The van der Waals surface area contributed by atoms with Crippen LogP contribution in [0.4, 0.5) is 23.1 Å². The minimum Gasteiger partial charge on any atom is -0.349 e. The summed E-state index contributed by atoms with van der Waals surface area (Å²) in [4.78, 5) is 33.3. The molecule has 0 aliphatic heterocycles. The molecule has 0 spiro atoms. The molecule has 2 aromatic carbocycles. The molecule has 9 heteroatoms. The largest absolute Gasteiger partial charge is 0.349 e. The molecule has 0 amide bonds. The quantitative estimate of drug-likeness (QED) is 0.229. The third-order valence-corrected chi connectivity index (χ3v) is 5.30. The van der Waals surface area contributed by atoms with Crippen molar-refractivity contribution in [2.75, 3.05) is 10.6 Å². The fraction of sp³-hybridized carbons (Fsp3) is 0.0455. The molecule has 0 radical (unpaired) electrons. The van der Waals surface area contributed by atoms with Crippen molar-refractivity contribution in [1.29, 1.82) is 0 Å². The van der Waals surface area contributed by atoms with Crippen molar-refractivity contribution in [3.8, 4) is 0 Å². The van der Waals surface area contributed by atoms with Crippen LogP contribution >= 0.6 is 11.3 Å². The second kappa shape index (κ2) is 9.14. The Morgan fingerprint density at radius 3 is 2.55 bits per heavy atom. The van der Waals surface area contributed by atoms with Gasteiger partial charge in [-0.25, -0.2) is 4.98 Å². The van der Waals surface area contributed by atoms with Gasteiger partial charge in [-0.15, -0.1) is 11.3 Å². The lowest BCUT2D eigenvalue weighted by atomic mass is 10.0. The second-order valence-electron chi connectivity index (χ2n) is 6.48. The maximum Gasteiger partial charge on any atom is 0.329 e. The average Bonchev–Trinajstić information content (AvgIpc) is 3.32. The summed E-state index contributed by atoms with van der Waals surface area (Å²) in [5, 5.41) is 19.5. The number of hydrogen-bond donors (Lipinski definition) is 2. The van der Waals surface area contributed by atoms with Crippen LogP contribution in [0, 0.1) is 10.1 Å². The molecule has 2 aromatic heterocycles. The van der Waals surface area contributed by atoms with E-state index in [2.05, 4.69) is 20.6 Å². The lowest BCUT2D eigenvalue weighted by Gasteiger charge is -2.12. The van der Waals surface area contributed by atoms with Crippen LogP contribution in [0.1, 0.15) is 20.8 Å². The Hall–Kier alpha value is -4.11. The third kappa shape index (κ3) is 4.73. The Kier molecular flexibility index (Phi) is 5.95. The summed E-state index contributed by atoms with van der Waals surface area (Å²) < 4.78 is 0. The van der Waals surface area contributed by atoms with Crippen LogP contribution in [0.15, 0.2) is 78.3 Å². The molecule has 0 saturated heterocycles. The highest BCUT2D eigenvalue weighted by Gasteiger charge is 2.20. The molecule has 2 heterocycles.